The minimum Gasteiger partial charge on any atom is -0.390 e. The van der Waals surface area contributed by atoms with Gasteiger partial charge in [-0.2, -0.15) is 18.4 Å². The summed E-state index contributed by atoms with van der Waals surface area (Å²) in [6.07, 6.45) is -2.99. The summed E-state index contributed by atoms with van der Waals surface area (Å²) in [7, 11) is 0. The first-order valence-corrected chi connectivity index (χ1v) is 9.33. The van der Waals surface area contributed by atoms with E-state index in [9.17, 15) is 18.3 Å². The fourth-order valence-corrected chi connectivity index (χ4v) is 3.73. The molecule has 2 aromatic carbocycles. The highest BCUT2D eigenvalue weighted by Crippen LogP contribution is 2.33. The minimum atomic E-state index is -4.46. The first-order chi connectivity index (χ1) is 13.4. The lowest BCUT2D eigenvalue weighted by molar-refractivity contribution is -0.138. The summed E-state index contributed by atoms with van der Waals surface area (Å²) in [5, 5.41) is 19.1. The Balaban J connectivity index is 1.87. The predicted octanol–water partition coefficient (Wildman–Crippen LogP) is 4.61. The van der Waals surface area contributed by atoms with E-state index in [1.807, 2.05) is 6.07 Å². The van der Waals surface area contributed by atoms with Crippen molar-refractivity contribution in [3.63, 3.8) is 0 Å². The summed E-state index contributed by atoms with van der Waals surface area (Å²) in [4.78, 5) is 4.25. The molecule has 0 atom stereocenters. The Morgan fingerprint density at radius 2 is 1.93 bits per heavy atom. The molecule has 0 bridgehead atoms. The van der Waals surface area contributed by atoms with Crippen LogP contribution in [0.4, 0.5) is 13.2 Å². The molecular weight excluding hydrogens is 387 g/mol. The van der Waals surface area contributed by atoms with Gasteiger partial charge in [0.15, 0.2) is 5.16 Å². The van der Waals surface area contributed by atoms with Crippen LogP contribution in [0, 0.1) is 11.3 Å². The van der Waals surface area contributed by atoms with Crippen LogP contribution in [-0.2, 0) is 25.1 Å². The predicted molar refractivity (Wildman–Crippen MR) is 99.4 cm³/mol. The lowest BCUT2D eigenvalue weighted by Crippen LogP contribution is -2.13. The second-order valence-corrected chi connectivity index (χ2v) is 6.97. The van der Waals surface area contributed by atoms with E-state index in [2.05, 4.69) is 11.1 Å². The number of alkyl halides is 3. The largest absolute Gasteiger partial charge is 0.416 e. The molecule has 1 aromatic heterocycles. The van der Waals surface area contributed by atoms with Crippen molar-refractivity contribution >= 4 is 11.8 Å². The van der Waals surface area contributed by atoms with Gasteiger partial charge in [0, 0.05) is 5.75 Å². The molecule has 0 spiro atoms. The van der Waals surface area contributed by atoms with Crippen molar-refractivity contribution in [3.05, 3.63) is 82.7 Å². The van der Waals surface area contributed by atoms with Crippen molar-refractivity contribution in [1.29, 1.82) is 5.26 Å². The molecule has 0 aliphatic heterocycles. The molecule has 8 heteroatoms. The van der Waals surface area contributed by atoms with Gasteiger partial charge in [-0.3, -0.25) is 0 Å². The topological polar surface area (TPSA) is 61.8 Å². The highest BCUT2D eigenvalue weighted by atomic mass is 32.2. The maximum Gasteiger partial charge on any atom is 0.416 e. The van der Waals surface area contributed by atoms with E-state index in [4.69, 9.17) is 5.26 Å². The zero-order valence-corrected chi connectivity index (χ0v) is 15.5. The average Bonchev–Trinajstić information content (AvgIpc) is 3.07. The van der Waals surface area contributed by atoms with Crippen LogP contribution in [0.1, 0.15) is 27.9 Å². The zero-order valence-electron chi connectivity index (χ0n) is 14.6. The molecule has 0 amide bonds. The van der Waals surface area contributed by atoms with Crippen molar-refractivity contribution in [2.75, 3.05) is 0 Å². The third kappa shape index (κ3) is 4.55. The highest BCUT2D eigenvalue weighted by molar-refractivity contribution is 7.98. The van der Waals surface area contributed by atoms with E-state index < -0.39 is 11.7 Å². The summed E-state index contributed by atoms with van der Waals surface area (Å²) in [5.41, 5.74) is 1.28. The van der Waals surface area contributed by atoms with Crippen molar-refractivity contribution in [1.82, 2.24) is 9.55 Å². The molecule has 0 unspecified atom stereocenters. The molecule has 3 aromatic rings. The van der Waals surface area contributed by atoms with E-state index >= 15 is 0 Å². The Morgan fingerprint density at radius 1 is 1.14 bits per heavy atom. The lowest BCUT2D eigenvalue weighted by Gasteiger charge is -2.16. The van der Waals surface area contributed by atoms with Crippen molar-refractivity contribution in [2.24, 2.45) is 0 Å². The second kappa shape index (κ2) is 8.50. The van der Waals surface area contributed by atoms with Crippen LogP contribution in [0.3, 0.4) is 0 Å². The van der Waals surface area contributed by atoms with Crippen LogP contribution < -0.4 is 0 Å². The third-order valence-corrected chi connectivity index (χ3v) is 5.20. The van der Waals surface area contributed by atoms with Crippen molar-refractivity contribution < 1.29 is 18.3 Å². The Kier molecular flexibility index (Phi) is 6.07. The molecule has 144 valence electrons. The molecule has 1 N–H and O–H groups in total. The van der Waals surface area contributed by atoms with Gasteiger partial charge in [0.1, 0.15) is 0 Å². The fourth-order valence-electron chi connectivity index (χ4n) is 2.79. The number of thioether (sulfide) groups is 1. The van der Waals surface area contributed by atoms with Crippen LogP contribution in [0.2, 0.25) is 0 Å². The van der Waals surface area contributed by atoms with Crippen molar-refractivity contribution in [2.45, 2.75) is 30.2 Å². The molecule has 0 saturated carbocycles. The molecule has 0 fully saturated rings. The summed E-state index contributed by atoms with van der Waals surface area (Å²) in [6.45, 7) is -0.377. The Hall–Kier alpha value is -2.76. The highest BCUT2D eigenvalue weighted by Gasteiger charge is 2.33. The first-order valence-electron chi connectivity index (χ1n) is 8.34. The number of hydrogen-bond donors (Lipinski definition) is 1. The van der Waals surface area contributed by atoms with Gasteiger partial charge in [0.2, 0.25) is 0 Å². The number of imidazole rings is 1. The van der Waals surface area contributed by atoms with Gasteiger partial charge >= 0.3 is 6.18 Å². The monoisotopic (exact) mass is 403 g/mol. The maximum absolute atomic E-state index is 13.3. The summed E-state index contributed by atoms with van der Waals surface area (Å²) in [5.74, 6) is 0.498. The van der Waals surface area contributed by atoms with Crippen LogP contribution in [0.5, 0.6) is 0 Å². The van der Waals surface area contributed by atoms with E-state index in [1.165, 1.54) is 30.1 Å². The molecule has 3 rings (SSSR count). The molecule has 28 heavy (non-hydrogen) atoms. The summed E-state index contributed by atoms with van der Waals surface area (Å²) in [6, 6.07) is 14.6. The van der Waals surface area contributed by atoms with Gasteiger partial charge in [0.05, 0.1) is 42.2 Å². The normalized spacial score (nSPS) is 11.4. The molecule has 1 heterocycles. The standard InChI is InChI=1S/C20H16F3N3OS/c21-20(22,23)18-7-2-1-6-16(18)11-26-17(12-27)10-25-19(26)28-13-15-5-3-4-14(8-15)9-24/h1-8,10,27H,11-13H2. The van der Waals surface area contributed by atoms with Crippen LogP contribution in [0.15, 0.2) is 59.9 Å². The average molecular weight is 403 g/mol. The van der Waals surface area contributed by atoms with Gasteiger partial charge < -0.3 is 9.67 Å². The molecule has 4 nitrogen and oxygen atoms in total. The summed E-state index contributed by atoms with van der Waals surface area (Å²) < 4.78 is 41.5. The number of rotatable bonds is 6. The maximum atomic E-state index is 13.3. The van der Waals surface area contributed by atoms with Crippen LogP contribution >= 0.6 is 11.8 Å². The Labute approximate surface area is 164 Å². The van der Waals surface area contributed by atoms with Crippen molar-refractivity contribution in [3.8, 4) is 6.07 Å². The molecular formula is C20H16F3N3OS. The second-order valence-electron chi connectivity index (χ2n) is 6.03. The number of aliphatic hydroxyl groups excluding tert-OH is 1. The molecule has 0 radical (unpaired) electrons. The number of aliphatic hydroxyl groups is 1. The van der Waals surface area contributed by atoms with Crippen LogP contribution in [0.25, 0.3) is 0 Å². The van der Waals surface area contributed by atoms with Gasteiger partial charge in [-0.1, -0.05) is 42.1 Å². The molecule has 0 saturated heterocycles. The number of halogens is 3. The van der Waals surface area contributed by atoms with Gasteiger partial charge in [0.25, 0.3) is 0 Å². The van der Waals surface area contributed by atoms with Gasteiger partial charge in [-0.05, 0) is 29.3 Å². The summed E-state index contributed by atoms with van der Waals surface area (Å²) >= 11 is 1.34. The molecule has 0 aliphatic carbocycles. The Morgan fingerprint density at radius 3 is 2.64 bits per heavy atom. The third-order valence-electron chi connectivity index (χ3n) is 4.14. The zero-order chi connectivity index (χ0) is 20.1. The van der Waals surface area contributed by atoms with E-state index in [0.29, 0.717) is 22.2 Å². The van der Waals surface area contributed by atoms with Crippen LogP contribution in [-0.4, -0.2) is 14.7 Å². The van der Waals surface area contributed by atoms with E-state index in [-0.39, 0.29) is 18.7 Å². The smallest absolute Gasteiger partial charge is 0.390 e. The minimum absolute atomic E-state index is 0.0495. The first kappa shape index (κ1) is 20.0. The quantitative estimate of drug-likeness (QED) is 0.611. The Bertz CT molecular complexity index is 1010. The number of benzene rings is 2. The SMILES string of the molecule is N#Cc1cccc(CSc2ncc(CO)n2Cc2ccccc2C(F)(F)F)c1. The number of nitrogens with zero attached hydrogens (tertiary/aromatic N) is 3. The number of aromatic nitrogens is 2. The molecule has 0 aliphatic rings. The van der Waals surface area contributed by atoms with Gasteiger partial charge in [-0.15, -0.1) is 0 Å². The number of nitriles is 1. The number of hydrogen-bond acceptors (Lipinski definition) is 4. The lowest BCUT2D eigenvalue weighted by atomic mass is 10.1. The fraction of sp³-hybridized carbons (Fsp3) is 0.200. The van der Waals surface area contributed by atoms with E-state index in [1.54, 1.807) is 28.8 Å². The van der Waals surface area contributed by atoms with E-state index in [0.717, 1.165) is 11.6 Å². The van der Waals surface area contributed by atoms with Gasteiger partial charge in [-0.25, -0.2) is 4.98 Å².